The summed E-state index contributed by atoms with van der Waals surface area (Å²) in [4.78, 5) is 5.35. The number of benzene rings is 2. The lowest BCUT2D eigenvalue weighted by Gasteiger charge is -2.05. The molecule has 0 N–H and O–H groups in total. The van der Waals surface area contributed by atoms with Gasteiger partial charge >= 0.3 is 0 Å². The van der Waals surface area contributed by atoms with Crippen molar-refractivity contribution in [2.24, 2.45) is 10.1 Å². The first-order chi connectivity index (χ1) is 13.8. The van der Waals surface area contributed by atoms with Crippen molar-refractivity contribution in [1.82, 2.24) is 4.68 Å². The minimum Gasteiger partial charge on any atom is -0.497 e. The molecule has 0 atom stereocenters. The van der Waals surface area contributed by atoms with Gasteiger partial charge < -0.3 is 14.2 Å². The van der Waals surface area contributed by atoms with E-state index in [4.69, 9.17) is 14.2 Å². The molecule has 0 radical (unpaired) electrons. The molecule has 0 saturated carbocycles. The second kappa shape index (κ2) is 8.14. The monoisotopic (exact) mass is 393 g/mol. The van der Waals surface area contributed by atoms with Gasteiger partial charge in [-0.2, -0.15) is 5.10 Å². The number of thiazole rings is 1. The summed E-state index contributed by atoms with van der Waals surface area (Å²) in [6.07, 6.45) is 3.55. The maximum Gasteiger partial charge on any atom is 0.231 e. The topological polar surface area (TPSA) is 57.3 Å². The van der Waals surface area contributed by atoms with Gasteiger partial charge in [0.2, 0.25) is 11.6 Å². The minimum absolute atomic E-state index is 0.251. The van der Waals surface area contributed by atoms with Crippen LogP contribution in [0.2, 0.25) is 0 Å². The zero-order chi connectivity index (χ0) is 19.3. The third-order valence-electron chi connectivity index (χ3n) is 4.15. The fraction of sp³-hybridized carbons (Fsp3) is 0.143. The van der Waals surface area contributed by atoms with Crippen LogP contribution in [0.4, 0.5) is 0 Å². The predicted molar refractivity (Wildman–Crippen MR) is 110 cm³/mol. The molecule has 2 heterocycles. The van der Waals surface area contributed by atoms with Gasteiger partial charge in [0.25, 0.3) is 0 Å². The van der Waals surface area contributed by atoms with E-state index >= 15 is 0 Å². The molecule has 0 fully saturated rings. The summed E-state index contributed by atoms with van der Waals surface area (Å²) in [5, 5.41) is 6.72. The average Bonchev–Trinajstić information content (AvgIpc) is 3.37. The smallest absolute Gasteiger partial charge is 0.231 e. The van der Waals surface area contributed by atoms with E-state index in [-0.39, 0.29) is 6.79 Å². The maximum atomic E-state index is 5.44. The Morgan fingerprint density at radius 1 is 1.18 bits per heavy atom. The van der Waals surface area contributed by atoms with E-state index in [9.17, 15) is 0 Å². The first kappa shape index (κ1) is 18.1. The van der Waals surface area contributed by atoms with Crippen LogP contribution in [0.5, 0.6) is 17.2 Å². The van der Waals surface area contributed by atoms with Gasteiger partial charge in [0.05, 0.1) is 25.6 Å². The molecule has 142 valence electrons. The molecular weight excluding hydrogens is 374 g/mol. The summed E-state index contributed by atoms with van der Waals surface area (Å²) in [6, 6.07) is 13.6. The largest absolute Gasteiger partial charge is 0.497 e. The van der Waals surface area contributed by atoms with Crippen LogP contribution in [0.25, 0.3) is 11.3 Å². The van der Waals surface area contributed by atoms with Gasteiger partial charge in [-0.05, 0) is 48.0 Å². The number of hydrogen-bond donors (Lipinski definition) is 0. The summed E-state index contributed by atoms with van der Waals surface area (Å²) >= 11 is 1.53. The highest BCUT2D eigenvalue weighted by molar-refractivity contribution is 7.07. The quantitative estimate of drug-likeness (QED) is 0.471. The van der Waals surface area contributed by atoms with Crippen LogP contribution in [0.15, 0.2) is 70.6 Å². The Labute approximate surface area is 166 Å². The summed E-state index contributed by atoms with van der Waals surface area (Å²) in [5.41, 5.74) is 2.89. The number of nitrogens with zero attached hydrogens (tertiary/aromatic N) is 3. The normalized spacial score (nSPS) is 13.2. The average molecular weight is 393 g/mol. The molecule has 1 aliphatic rings. The number of methoxy groups -OCH3 is 1. The number of rotatable bonds is 6. The summed E-state index contributed by atoms with van der Waals surface area (Å²) < 4.78 is 17.9. The Balaban J connectivity index is 1.72. The maximum absolute atomic E-state index is 5.44. The molecule has 0 unspecified atom stereocenters. The molecular formula is C21H19N3O3S. The van der Waals surface area contributed by atoms with Crippen molar-refractivity contribution in [3.8, 4) is 28.5 Å². The third kappa shape index (κ3) is 3.70. The zero-order valence-corrected chi connectivity index (χ0v) is 16.2. The molecule has 2 aromatic carbocycles. The van der Waals surface area contributed by atoms with Gasteiger partial charge in [-0.3, -0.25) is 4.99 Å². The molecule has 0 aliphatic carbocycles. The lowest BCUT2D eigenvalue weighted by molar-refractivity contribution is 0.174. The highest BCUT2D eigenvalue weighted by Crippen LogP contribution is 2.32. The van der Waals surface area contributed by atoms with Crippen molar-refractivity contribution in [1.29, 1.82) is 0 Å². The van der Waals surface area contributed by atoms with Crippen molar-refractivity contribution in [2.45, 2.75) is 0 Å². The first-order valence-electron chi connectivity index (χ1n) is 8.69. The first-order valence-corrected chi connectivity index (χ1v) is 9.57. The third-order valence-corrected chi connectivity index (χ3v) is 5.00. The second-order valence-corrected chi connectivity index (χ2v) is 6.77. The fourth-order valence-electron chi connectivity index (χ4n) is 2.74. The molecule has 1 aliphatic heterocycles. The van der Waals surface area contributed by atoms with Gasteiger partial charge in [-0.15, -0.1) is 17.9 Å². The highest BCUT2D eigenvalue weighted by atomic mass is 32.1. The number of aromatic nitrogens is 1. The second-order valence-electron chi connectivity index (χ2n) is 5.93. The van der Waals surface area contributed by atoms with E-state index in [1.165, 1.54) is 11.3 Å². The van der Waals surface area contributed by atoms with Crippen LogP contribution in [-0.4, -0.2) is 31.3 Å². The van der Waals surface area contributed by atoms with Gasteiger partial charge in [-0.25, -0.2) is 4.68 Å². The molecule has 3 aromatic rings. The number of hydrogen-bond acceptors (Lipinski definition) is 6. The van der Waals surface area contributed by atoms with Crippen LogP contribution in [-0.2, 0) is 0 Å². The van der Waals surface area contributed by atoms with Crippen molar-refractivity contribution in [3.63, 3.8) is 0 Å². The van der Waals surface area contributed by atoms with E-state index in [0.29, 0.717) is 6.54 Å². The van der Waals surface area contributed by atoms with E-state index in [1.54, 1.807) is 19.4 Å². The molecule has 0 spiro atoms. The standard InChI is InChI=1S/C21H19N3O3S/c1-3-10-22-21-24(18(13-28-21)16-5-7-17(25-2)8-6-16)23-12-15-4-9-19-20(11-15)27-14-26-19/h3-9,11-13H,1,10,14H2,2H3. The van der Waals surface area contributed by atoms with Gasteiger partial charge in [-0.1, -0.05) is 6.08 Å². The van der Waals surface area contributed by atoms with Crippen molar-refractivity contribution < 1.29 is 14.2 Å². The van der Waals surface area contributed by atoms with Gasteiger partial charge in [0, 0.05) is 10.9 Å². The lowest BCUT2D eigenvalue weighted by atomic mass is 10.2. The summed E-state index contributed by atoms with van der Waals surface area (Å²) in [5.74, 6) is 2.29. The SMILES string of the molecule is C=CCN=c1scc(-c2ccc(OC)cc2)n1N=Cc1ccc2c(c1)OCO2. The minimum atomic E-state index is 0.251. The fourth-order valence-corrected chi connectivity index (χ4v) is 3.59. The van der Waals surface area contributed by atoms with Crippen LogP contribution < -0.4 is 19.0 Å². The Hall–Kier alpha value is -3.32. The molecule has 0 amide bonds. The lowest BCUT2D eigenvalue weighted by Crippen LogP contribution is -2.12. The molecule has 6 nitrogen and oxygen atoms in total. The molecule has 1 aromatic heterocycles. The van der Waals surface area contributed by atoms with E-state index in [0.717, 1.165) is 38.9 Å². The summed E-state index contributed by atoms with van der Waals surface area (Å²) in [6.45, 7) is 4.52. The molecule has 28 heavy (non-hydrogen) atoms. The Bertz CT molecular complexity index is 1080. The van der Waals surface area contributed by atoms with Gasteiger partial charge in [0.1, 0.15) is 5.75 Å². The van der Waals surface area contributed by atoms with Crippen LogP contribution in [0.1, 0.15) is 5.56 Å². The van der Waals surface area contributed by atoms with Crippen molar-refractivity contribution >= 4 is 17.6 Å². The van der Waals surface area contributed by atoms with E-state index in [2.05, 4.69) is 16.7 Å². The molecule has 4 rings (SSSR count). The van der Waals surface area contributed by atoms with E-state index in [1.807, 2.05) is 52.5 Å². The van der Waals surface area contributed by atoms with Crippen molar-refractivity contribution in [3.05, 3.63) is 70.9 Å². The Kier molecular flexibility index (Phi) is 5.25. The molecule has 0 bridgehead atoms. The van der Waals surface area contributed by atoms with E-state index < -0.39 is 0 Å². The highest BCUT2D eigenvalue weighted by Gasteiger charge is 2.13. The van der Waals surface area contributed by atoms with Gasteiger partial charge in [0.15, 0.2) is 11.5 Å². The van der Waals surface area contributed by atoms with Crippen LogP contribution >= 0.6 is 11.3 Å². The van der Waals surface area contributed by atoms with Crippen LogP contribution in [0.3, 0.4) is 0 Å². The Morgan fingerprint density at radius 3 is 2.79 bits per heavy atom. The molecule has 7 heteroatoms. The molecule has 0 saturated heterocycles. The van der Waals surface area contributed by atoms with Crippen molar-refractivity contribution in [2.75, 3.05) is 20.4 Å². The number of ether oxygens (including phenoxy) is 3. The number of fused-ring (bicyclic) bond motifs is 1. The Morgan fingerprint density at radius 2 is 2.00 bits per heavy atom. The summed E-state index contributed by atoms with van der Waals surface area (Å²) in [7, 11) is 1.65. The zero-order valence-electron chi connectivity index (χ0n) is 15.4. The van der Waals surface area contributed by atoms with Crippen LogP contribution in [0, 0.1) is 0 Å². The predicted octanol–water partition coefficient (Wildman–Crippen LogP) is 3.92.